The fourth-order valence-electron chi connectivity index (χ4n) is 2.92. The first kappa shape index (κ1) is 19.1. The standard InChI is InChI=1S/C22H22N4O2/c1-14-10-15(5-7-19(14)22(27)25-3)21-12-18(8-9-26-21)28-17-6-4-16(13-23)20(11-17)24-2/h4-13,23-24H,1-3H3,(H,25,27). The van der Waals surface area contributed by atoms with E-state index in [1.807, 2.05) is 43.3 Å². The zero-order valence-electron chi connectivity index (χ0n) is 16.0. The van der Waals surface area contributed by atoms with Gasteiger partial charge in [-0.25, -0.2) is 0 Å². The third-order valence-corrected chi connectivity index (χ3v) is 4.41. The summed E-state index contributed by atoms with van der Waals surface area (Å²) in [4.78, 5) is 16.3. The number of hydrogen-bond donors (Lipinski definition) is 3. The molecular formula is C22H22N4O2. The van der Waals surface area contributed by atoms with Crippen LogP contribution in [0.1, 0.15) is 21.5 Å². The molecule has 6 nitrogen and oxygen atoms in total. The molecule has 3 aromatic rings. The molecule has 1 heterocycles. The Kier molecular flexibility index (Phi) is 5.69. The minimum atomic E-state index is -0.109. The molecule has 0 spiro atoms. The van der Waals surface area contributed by atoms with Crippen LogP contribution in [0.2, 0.25) is 0 Å². The van der Waals surface area contributed by atoms with Crippen LogP contribution >= 0.6 is 0 Å². The first-order chi connectivity index (χ1) is 13.5. The highest BCUT2D eigenvalue weighted by molar-refractivity contribution is 5.96. The van der Waals surface area contributed by atoms with Crippen LogP contribution < -0.4 is 15.4 Å². The second-order valence-electron chi connectivity index (χ2n) is 6.23. The van der Waals surface area contributed by atoms with E-state index in [1.165, 1.54) is 6.21 Å². The average Bonchev–Trinajstić information content (AvgIpc) is 2.73. The van der Waals surface area contributed by atoms with Gasteiger partial charge in [-0.15, -0.1) is 0 Å². The predicted octanol–water partition coefficient (Wildman–Crippen LogP) is 4.25. The van der Waals surface area contributed by atoms with Gasteiger partial charge in [0.2, 0.25) is 0 Å². The number of aromatic nitrogens is 1. The van der Waals surface area contributed by atoms with Gasteiger partial charge in [-0.1, -0.05) is 6.07 Å². The Hall–Kier alpha value is -3.67. The summed E-state index contributed by atoms with van der Waals surface area (Å²) in [6, 6.07) is 14.8. The SMILES string of the molecule is CNC(=O)c1ccc(-c2cc(Oc3ccc(C=N)c(NC)c3)ccn2)cc1C. The summed E-state index contributed by atoms with van der Waals surface area (Å²) in [5, 5.41) is 13.1. The number of nitrogens with zero attached hydrogens (tertiary/aromatic N) is 1. The van der Waals surface area contributed by atoms with Gasteiger partial charge in [0.05, 0.1) is 5.69 Å². The summed E-state index contributed by atoms with van der Waals surface area (Å²) in [5.41, 5.74) is 4.80. The van der Waals surface area contributed by atoms with Crippen molar-refractivity contribution in [2.75, 3.05) is 19.4 Å². The number of amides is 1. The third kappa shape index (κ3) is 4.01. The van der Waals surface area contributed by atoms with Crippen molar-refractivity contribution < 1.29 is 9.53 Å². The van der Waals surface area contributed by atoms with E-state index in [2.05, 4.69) is 15.6 Å². The molecule has 0 aliphatic rings. The van der Waals surface area contributed by atoms with Crippen LogP contribution in [0.25, 0.3) is 11.3 Å². The van der Waals surface area contributed by atoms with E-state index >= 15 is 0 Å². The monoisotopic (exact) mass is 374 g/mol. The van der Waals surface area contributed by atoms with Crippen LogP contribution in [-0.4, -0.2) is 31.2 Å². The molecule has 0 radical (unpaired) electrons. The van der Waals surface area contributed by atoms with E-state index in [0.717, 1.165) is 28.1 Å². The maximum atomic E-state index is 11.9. The largest absolute Gasteiger partial charge is 0.457 e. The lowest BCUT2D eigenvalue weighted by molar-refractivity contribution is 0.0962. The van der Waals surface area contributed by atoms with E-state index < -0.39 is 0 Å². The highest BCUT2D eigenvalue weighted by atomic mass is 16.5. The molecule has 0 unspecified atom stereocenters. The maximum absolute atomic E-state index is 11.9. The summed E-state index contributed by atoms with van der Waals surface area (Å²) in [6.07, 6.45) is 2.99. The summed E-state index contributed by atoms with van der Waals surface area (Å²) >= 11 is 0. The topological polar surface area (TPSA) is 87.1 Å². The molecule has 0 bridgehead atoms. The van der Waals surface area contributed by atoms with E-state index in [9.17, 15) is 4.79 Å². The number of anilines is 1. The molecule has 0 atom stereocenters. The van der Waals surface area contributed by atoms with Crippen molar-refractivity contribution in [2.24, 2.45) is 0 Å². The van der Waals surface area contributed by atoms with Crippen molar-refractivity contribution in [3.63, 3.8) is 0 Å². The van der Waals surface area contributed by atoms with Crippen molar-refractivity contribution >= 4 is 17.8 Å². The molecule has 2 aromatic carbocycles. The fourth-order valence-corrected chi connectivity index (χ4v) is 2.92. The number of nitrogens with one attached hydrogen (secondary N) is 3. The number of carbonyl (C=O) groups excluding carboxylic acids is 1. The minimum Gasteiger partial charge on any atom is -0.457 e. The van der Waals surface area contributed by atoms with Crippen molar-refractivity contribution in [1.82, 2.24) is 10.3 Å². The zero-order chi connectivity index (χ0) is 20.1. The van der Waals surface area contributed by atoms with Gasteiger partial charge in [0.1, 0.15) is 11.5 Å². The summed E-state index contributed by atoms with van der Waals surface area (Å²) in [5.74, 6) is 1.21. The first-order valence-corrected chi connectivity index (χ1v) is 8.85. The van der Waals surface area contributed by atoms with Gasteiger partial charge in [0.15, 0.2) is 0 Å². The molecule has 0 saturated heterocycles. The number of benzene rings is 2. The summed E-state index contributed by atoms with van der Waals surface area (Å²) in [7, 11) is 3.42. The molecule has 6 heteroatoms. The Morgan fingerprint density at radius 2 is 1.86 bits per heavy atom. The Bertz CT molecular complexity index is 1030. The highest BCUT2D eigenvalue weighted by Crippen LogP contribution is 2.29. The van der Waals surface area contributed by atoms with E-state index in [0.29, 0.717) is 17.1 Å². The van der Waals surface area contributed by atoms with Gasteiger partial charge >= 0.3 is 0 Å². The molecule has 0 fully saturated rings. The second-order valence-corrected chi connectivity index (χ2v) is 6.23. The normalized spacial score (nSPS) is 10.2. The zero-order valence-corrected chi connectivity index (χ0v) is 16.0. The van der Waals surface area contributed by atoms with Crippen LogP contribution in [-0.2, 0) is 0 Å². The van der Waals surface area contributed by atoms with Crippen molar-refractivity contribution in [2.45, 2.75) is 6.92 Å². The van der Waals surface area contributed by atoms with Gasteiger partial charge in [0, 0.05) is 61.0 Å². The average molecular weight is 374 g/mol. The Morgan fingerprint density at radius 3 is 2.54 bits per heavy atom. The Balaban J connectivity index is 1.88. The van der Waals surface area contributed by atoms with Crippen molar-refractivity contribution in [3.8, 4) is 22.8 Å². The number of rotatable bonds is 6. The molecule has 28 heavy (non-hydrogen) atoms. The molecule has 142 valence electrons. The molecule has 0 saturated carbocycles. The van der Waals surface area contributed by atoms with Crippen LogP contribution in [0.5, 0.6) is 11.5 Å². The lowest BCUT2D eigenvalue weighted by Crippen LogP contribution is -2.18. The quantitative estimate of drug-likeness (QED) is 0.563. The van der Waals surface area contributed by atoms with E-state index in [-0.39, 0.29) is 5.91 Å². The molecule has 0 aliphatic carbocycles. The van der Waals surface area contributed by atoms with Crippen LogP contribution in [0, 0.1) is 12.3 Å². The van der Waals surface area contributed by atoms with Gasteiger partial charge in [0.25, 0.3) is 5.91 Å². The Morgan fingerprint density at radius 1 is 1.07 bits per heavy atom. The molecule has 0 aliphatic heterocycles. The van der Waals surface area contributed by atoms with Crippen LogP contribution in [0.4, 0.5) is 5.69 Å². The van der Waals surface area contributed by atoms with Gasteiger partial charge in [-0.05, 0) is 42.8 Å². The molecular weight excluding hydrogens is 352 g/mol. The Labute approximate surface area is 164 Å². The molecule has 1 aromatic heterocycles. The molecule has 3 rings (SSSR count). The number of hydrogen-bond acceptors (Lipinski definition) is 5. The lowest BCUT2D eigenvalue weighted by atomic mass is 10.0. The van der Waals surface area contributed by atoms with E-state index in [1.54, 1.807) is 32.4 Å². The molecule has 3 N–H and O–H groups in total. The maximum Gasteiger partial charge on any atom is 0.251 e. The van der Waals surface area contributed by atoms with Crippen molar-refractivity contribution in [3.05, 3.63) is 71.4 Å². The van der Waals surface area contributed by atoms with Crippen LogP contribution in [0.3, 0.4) is 0 Å². The van der Waals surface area contributed by atoms with Crippen molar-refractivity contribution in [1.29, 1.82) is 5.41 Å². The molecule has 1 amide bonds. The fraction of sp³-hybridized carbons (Fsp3) is 0.136. The first-order valence-electron chi connectivity index (χ1n) is 8.85. The highest BCUT2D eigenvalue weighted by Gasteiger charge is 2.10. The van der Waals surface area contributed by atoms with Crippen LogP contribution in [0.15, 0.2) is 54.7 Å². The van der Waals surface area contributed by atoms with E-state index in [4.69, 9.17) is 10.1 Å². The minimum absolute atomic E-state index is 0.109. The summed E-state index contributed by atoms with van der Waals surface area (Å²) < 4.78 is 5.97. The second kappa shape index (κ2) is 8.35. The summed E-state index contributed by atoms with van der Waals surface area (Å²) in [6.45, 7) is 1.90. The third-order valence-electron chi connectivity index (χ3n) is 4.41. The van der Waals surface area contributed by atoms with Gasteiger partial charge in [-0.3, -0.25) is 9.78 Å². The number of aryl methyl sites for hydroxylation is 1. The number of pyridine rings is 1. The smallest absolute Gasteiger partial charge is 0.251 e. The lowest BCUT2D eigenvalue weighted by Gasteiger charge is -2.11. The number of ether oxygens (including phenoxy) is 1. The predicted molar refractivity (Wildman–Crippen MR) is 112 cm³/mol. The van der Waals surface area contributed by atoms with Gasteiger partial charge in [-0.2, -0.15) is 0 Å². The number of carbonyl (C=O) groups is 1. The van der Waals surface area contributed by atoms with Gasteiger partial charge < -0.3 is 20.8 Å².